The van der Waals surface area contributed by atoms with Crippen molar-refractivity contribution in [2.75, 3.05) is 0 Å². The number of benzene rings is 5. The van der Waals surface area contributed by atoms with Gasteiger partial charge < -0.3 is 0 Å². The number of aromatic nitrogens is 4. The maximum Gasteiger partial charge on any atom is 0.160 e. The normalized spacial score (nSPS) is 11.4. The van der Waals surface area contributed by atoms with Crippen molar-refractivity contribution in [1.29, 1.82) is 0 Å². The van der Waals surface area contributed by atoms with Gasteiger partial charge in [-0.15, -0.1) is 0 Å². The fourth-order valence-electron chi connectivity index (χ4n) is 6.69. The predicted molar refractivity (Wildman–Crippen MR) is 213 cm³/mol. The largest absolute Gasteiger partial charge is 0.263 e. The van der Waals surface area contributed by atoms with Gasteiger partial charge in [-0.1, -0.05) is 121 Å². The Hall–Kier alpha value is -6.59. The Labute approximate surface area is 297 Å². The molecule has 0 N–H and O–H groups in total. The van der Waals surface area contributed by atoms with Crippen LogP contribution in [-0.4, -0.2) is 26.7 Å². The molecule has 0 unspecified atom stereocenters. The summed E-state index contributed by atoms with van der Waals surface area (Å²) in [6.45, 7) is 10.0. The summed E-state index contributed by atoms with van der Waals surface area (Å²) in [6, 6.07) is 45.9. The van der Waals surface area contributed by atoms with Crippen molar-refractivity contribution in [2.45, 2.75) is 20.8 Å². The van der Waals surface area contributed by atoms with E-state index in [9.17, 15) is 0 Å². The number of aryl methyl sites for hydroxylation is 2. The first kappa shape index (κ1) is 31.7. The van der Waals surface area contributed by atoms with E-state index in [1.807, 2.05) is 56.3 Å². The first-order valence-electron chi connectivity index (χ1n) is 17.1. The summed E-state index contributed by atoms with van der Waals surface area (Å²) in [6.07, 6.45) is 4.08. The molecule has 0 spiro atoms. The van der Waals surface area contributed by atoms with Crippen LogP contribution in [0.15, 0.2) is 145 Å². The summed E-state index contributed by atoms with van der Waals surface area (Å²) in [4.78, 5) is 24.6. The van der Waals surface area contributed by atoms with Crippen LogP contribution in [0.25, 0.3) is 84.2 Å². The molecule has 244 valence electrons. The average Bonchev–Trinajstić information content (AvgIpc) is 3.18. The number of allylic oxidation sites excluding steroid dienone is 1. The van der Waals surface area contributed by atoms with Gasteiger partial charge in [0.25, 0.3) is 0 Å². The molecule has 5 nitrogen and oxygen atoms in total. The first-order chi connectivity index (χ1) is 25.0. The zero-order valence-corrected chi connectivity index (χ0v) is 28.8. The maximum atomic E-state index is 5.14. The third-order valence-electron chi connectivity index (χ3n) is 9.26. The third-order valence-corrected chi connectivity index (χ3v) is 9.26. The number of hydrogen-bond donors (Lipinski definition) is 0. The molecular formula is C46H35N5. The Morgan fingerprint density at radius 3 is 1.96 bits per heavy atom. The second-order valence-electron chi connectivity index (χ2n) is 12.7. The van der Waals surface area contributed by atoms with E-state index < -0.39 is 0 Å². The molecule has 3 heterocycles. The summed E-state index contributed by atoms with van der Waals surface area (Å²) in [7, 11) is 0. The Bertz CT molecular complexity index is 2620. The summed E-state index contributed by atoms with van der Waals surface area (Å²) in [5, 5.41) is 2.21. The molecule has 0 bridgehead atoms. The SMILES string of the molecule is C=Nc1c(/C=C\C)cccc1-c1cccc(-c2cc(-c3ccc(-c4cc(C)c5ccc6ccc(C)nc6c5n4)cc3)nc(-c3ccccc3)n2)c1. The molecule has 0 aliphatic heterocycles. The van der Waals surface area contributed by atoms with Crippen LogP contribution in [0, 0.1) is 13.8 Å². The van der Waals surface area contributed by atoms with Crippen LogP contribution in [0.2, 0.25) is 0 Å². The van der Waals surface area contributed by atoms with Gasteiger partial charge in [-0.2, -0.15) is 0 Å². The van der Waals surface area contributed by atoms with Crippen molar-refractivity contribution in [3.8, 4) is 56.3 Å². The molecule has 0 saturated carbocycles. The third kappa shape index (κ3) is 6.11. The molecule has 0 aliphatic carbocycles. The van der Waals surface area contributed by atoms with Crippen LogP contribution in [0.4, 0.5) is 5.69 Å². The van der Waals surface area contributed by atoms with E-state index in [-0.39, 0.29) is 0 Å². The topological polar surface area (TPSA) is 63.9 Å². The molecule has 3 aromatic heterocycles. The minimum Gasteiger partial charge on any atom is -0.263 e. The highest BCUT2D eigenvalue weighted by molar-refractivity contribution is 6.04. The lowest BCUT2D eigenvalue weighted by molar-refractivity contribution is 1.18. The lowest BCUT2D eigenvalue weighted by Crippen LogP contribution is -1.96. The fourth-order valence-corrected chi connectivity index (χ4v) is 6.69. The van der Waals surface area contributed by atoms with Gasteiger partial charge in [0.15, 0.2) is 5.82 Å². The van der Waals surface area contributed by atoms with Crippen molar-refractivity contribution < 1.29 is 0 Å². The number of aliphatic imine (C=N–C) groups is 1. The summed E-state index contributed by atoms with van der Waals surface area (Å²) in [5.74, 6) is 0.669. The van der Waals surface area contributed by atoms with Crippen molar-refractivity contribution in [3.63, 3.8) is 0 Å². The Morgan fingerprint density at radius 2 is 1.22 bits per heavy atom. The highest BCUT2D eigenvalue weighted by Crippen LogP contribution is 2.37. The van der Waals surface area contributed by atoms with Gasteiger partial charge in [0.1, 0.15) is 0 Å². The van der Waals surface area contributed by atoms with E-state index in [1.54, 1.807) is 0 Å². The summed E-state index contributed by atoms with van der Waals surface area (Å²) in [5.41, 5.74) is 14.5. The van der Waals surface area contributed by atoms with E-state index in [0.29, 0.717) is 5.82 Å². The highest BCUT2D eigenvalue weighted by Gasteiger charge is 2.15. The van der Waals surface area contributed by atoms with Gasteiger partial charge >= 0.3 is 0 Å². The lowest BCUT2D eigenvalue weighted by atomic mass is 9.97. The van der Waals surface area contributed by atoms with Crippen LogP contribution >= 0.6 is 0 Å². The van der Waals surface area contributed by atoms with Crippen molar-refractivity contribution in [2.24, 2.45) is 4.99 Å². The number of hydrogen-bond acceptors (Lipinski definition) is 5. The quantitative estimate of drug-likeness (QED) is 0.126. The smallest absolute Gasteiger partial charge is 0.160 e. The fraction of sp³-hybridized carbons (Fsp3) is 0.0652. The number of para-hydroxylation sites is 1. The van der Waals surface area contributed by atoms with Crippen molar-refractivity contribution in [3.05, 3.63) is 156 Å². The Balaban J connectivity index is 1.22. The molecule has 0 atom stereocenters. The van der Waals surface area contributed by atoms with E-state index in [0.717, 1.165) is 89.2 Å². The van der Waals surface area contributed by atoms with Crippen LogP contribution in [0.1, 0.15) is 23.7 Å². The number of pyridine rings is 2. The summed E-state index contributed by atoms with van der Waals surface area (Å²) >= 11 is 0. The molecule has 8 aromatic rings. The van der Waals surface area contributed by atoms with Gasteiger partial charge in [0, 0.05) is 49.8 Å². The second-order valence-corrected chi connectivity index (χ2v) is 12.7. The average molecular weight is 658 g/mol. The van der Waals surface area contributed by atoms with Gasteiger partial charge in [-0.05, 0) is 62.9 Å². The van der Waals surface area contributed by atoms with E-state index in [2.05, 4.69) is 122 Å². The maximum absolute atomic E-state index is 5.14. The number of fused-ring (bicyclic) bond motifs is 3. The molecule has 5 heteroatoms. The van der Waals surface area contributed by atoms with Crippen LogP contribution in [0.3, 0.4) is 0 Å². The Morgan fingerprint density at radius 1 is 0.549 bits per heavy atom. The minimum absolute atomic E-state index is 0.669. The lowest BCUT2D eigenvalue weighted by Gasteiger charge is -2.13. The molecule has 8 rings (SSSR count). The van der Waals surface area contributed by atoms with Gasteiger partial charge in [0.05, 0.1) is 33.8 Å². The van der Waals surface area contributed by atoms with Crippen molar-refractivity contribution >= 4 is 40.3 Å². The molecule has 0 saturated heterocycles. The van der Waals surface area contributed by atoms with Gasteiger partial charge in [-0.3, -0.25) is 9.98 Å². The zero-order valence-electron chi connectivity index (χ0n) is 28.8. The van der Waals surface area contributed by atoms with Crippen LogP contribution in [0.5, 0.6) is 0 Å². The molecule has 0 aliphatic rings. The zero-order chi connectivity index (χ0) is 34.9. The van der Waals surface area contributed by atoms with E-state index in [1.165, 1.54) is 5.56 Å². The second kappa shape index (κ2) is 13.4. The number of nitrogens with zero attached hydrogens (tertiary/aromatic N) is 5. The van der Waals surface area contributed by atoms with Gasteiger partial charge in [-0.25, -0.2) is 15.0 Å². The highest BCUT2D eigenvalue weighted by atomic mass is 14.9. The molecule has 5 aromatic carbocycles. The van der Waals surface area contributed by atoms with Crippen LogP contribution in [-0.2, 0) is 0 Å². The van der Waals surface area contributed by atoms with E-state index in [4.69, 9.17) is 19.9 Å². The summed E-state index contributed by atoms with van der Waals surface area (Å²) < 4.78 is 0. The van der Waals surface area contributed by atoms with Gasteiger partial charge in [0.2, 0.25) is 0 Å². The number of rotatable bonds is 7. The van der Waals surface area contributed by atoms with Crippen LogP contribution < -0.4 is 0 Å². The molecule has 51 heavy (non-hydrogen) atoms. The molecule has 0 radical (unpaired) electrons. The molecular weight excluding hydrogens is 623 g/mol. The van der Waals surface area contributed by atoms with E-state index >= 15 is 0 Å². The molecule has 0 fully saturated rings. The standard InChI is InChI=1S/C46H35N5/c1-5-11-33-14-10-17-39(43(33)47-4)36-15-9-16-37(27-36)42-28-41(50-46(51-42)35-12-7-6-8-13-35)32-22-20-31(21-23-32)40-26-29(2)38-25-24-34-19-18-30(3)48-44(34)45(38)49-40/h5-28H,4H2,1-3H3/b11-5-. The predicted octanol–water partition coefficient (Wildman–Crippen LogP) is 11.9. The molecule has 0 amide bonds. The monoisotopic (exact) mass is 657 g/mol. The minimum atomic E-state index is 0.669. The Kier molecular flexibility index (Phi) is 8.30. The first-order valence-corrected chi connectivity index (χ1v) is 17.1. The van der Waals surface area contributed by atoms with Crippen molar-refractivity contribution in [1.82, 2.24) is 19.9 Å².